The van der Waals surface area contributed by atoms with Crippen molar-refractivity contribution in [2.45, 2.75) is 18.8 Å². The van der Waals surface area contributed by atoms with Crippen molar-refractivity contribution in [3.63, 3.8) is 0 Å². The Balaban J connectivity index is 2.03. The van der Waals surface area contributed by atoms with Crippen LogP contribution in [0.25, 0.3) is 11.5 Å². The van der Waals surface area contributed by atoms with E-state index >= 15 is 0 Å². The number of nitrogens with zero attached hydrogens (tertiary/aromatic N) is 3. The molecular formula is C11H8ClN3O3. The standard InChI is InChI=1S/C11H8ClN3O3/c12-9-4-3-7(15(16)17)5-8(9)11-13-10(14-18-11)6-1-2-6/h3-6H,1-2H2. The highest BCUT2D eigenvalue weighted by atomic mass is 35.5. The van der Waals surface area contributed by atoms with Crippen molar-refractivity contribution >= 4 is 17.3 Å². The molecule has 6 nitrogen and oxygen atoms in total. The molecular weight excluding hydrogens is 258 g/mol. The molecule has 3 rings (SSSR count). The van der Waals surface area contributed by atoms with E-state index in [9.17, 15) is 10.1 Å². The molecule has 0 N–H and O–H groups in total. The third-order valence-corrected chi connectivity index (χ3v) is 3.10. The molecule has 0 radical (unpaired) electrons. The van der Waals surface area contributed by atoms with Crippen LogP contribution in [-0.4, -0.2) is 15.1 Å². The summed E-state index contributed by atoms with van der Waals surface area (Å²) in [5, 5.41) is 14.9. The first kappa shape index (κ1) is 11.2. The molecule has 0 aliphatic heterocycles. The molecule has 1 fully saturated rings. The Kier molecular flexibility index (Phi) is 2.52. The van der Waals surface area contributed by atoms with E-state index in [4.69, 9.17) is 16.1 Å². The van der Waals surface area contributed by atoms with Crippen LogP contribution in [0.3, 0.4) is 0 Å². The molecule has 1 aliphatic rings. The highest BCUT2D eigenvalue weighted by Crippen LogP contribution is 2.39. The summed E-state index contributed by atoms with van der Waals surface area (Å²) in [5.41, 5.74) is 0.339. The molecule has 0 amide bonds. The molecule has 1 aromatic carbocycles. The predicted molar refractivity (Wildman–Crippen MR) is 63.4 cm³/mol. The maximum Gasteiger partial charge on any atom is 0.270 e. The molecule has 0 spiro atoms. The first-order valence-electron chi connectivity index (χ1n) is 5.43. The number of hydrogen-bond acceptors (Lipinski definition) is 5. The smallest absolute Gasteiger partial charge is 0.270 e. The van der Waals surface area contributed by atoms with Crippen LogP contribution in [0.2, 0.25) is 5.02 Å². The highest BCUT2D eigenvalue weighted by Gasteiger charge is 2.29. The fourth-order valence-corrected chi connectivity index (χ4v) is 1.84. The Bertz CT molecular complexity index is 622. The van der Waals surface area contributed by atoms with Gasteiger partial charge in [-0.25, -0.2) is 0 Å². The molecule has 92 valence electrons. The molecule has 1 saturated carbocycles. The number of nitro groups is 1. The number of rotatable bonds is 3. The molecule has 1 aliphatic carbocycles. The fraction of sp³-hybridized carbons (Fsp3) is 0.273. The lowest BCUT2D eigenvalue weighted by Crippen LogP contribution is -1.89. The van der Waals surface area contributed by atoms with Gasteiger partial charge in [0.1, 0.15) is 0 Å². The Morgan fingerprint density at radius 1 is 1.44 bits per heavy atom. The van der Waals surface area contributed by atoms with Gasteiger partial charge in [-0.2, -0.15) is 4.98 Å². The average molecular weight is 266 g/mol. The zero-order valence-corrected chi connectivity index (χ0v) is 9.92. The summed E-state index contributed by atoms with van der Waals surface area (Å²) in [6.07, 6.45) is 2.11. The van der Waals surface area contributed by atoms with Gasteiger partial charge >= 0.3 is 0 Å². The van der Waals surface area contributed by atoms with Crippen molar-refractivity contribution < 1.29 is 9.45 Å². The van der Waals surface area contributed by atoms with E-state index in [1.54, 1.807) is 0 Å². The lowest BCUT2D eigenvalue weighted by atomic mass is 10.2. The lowest BCUT2D eigenvalue weighted by Gasteiger charge is -1.98. The van der Waals surface area contributed by atoms with E-state index in [0.717, 1.165) is 12.8 Å². The van der Waals surface area contributed by atoms with Crippen LogP contribution in [0.5, 0.6) is 0 Å². The molecule has 1 aromatic heterocycles. The van der Waals surface area contributed by atoms with Crippen molar-refractivity contribution in [1.29, 1.82) is 0 Å². The Morgan fingerprint density at radius 3 is 2.89 bits per heavy atom. The summed E-state index contributed by atoms with van der Waals surface area (Å²) in [5.74, 6) is 1.23. The Labute approximate surface area is 107 Å². The predicted octanol–water partition coefficient (Wildman–Crippen LogP) is 3.18. The second kappa shape index (κ2) is 4.06. The minimum absolute atomic E-state index is 0.0550. The number of hydrogen-bond donors (Lipinski definition) is 0. The molecule has 18 heavy (non-hydrogen) atoms. The normalized spacial score (nSPS) is 14.7. The Hall–Kier alpha value is -1.95. The number of non-ortho nitro benzene ring substituents is 1. The van der Waals surface area contributed by atoms with E-state index in [-0.39, 0.29) is 11.6 Å². The summed E-state index contributed by atoms with van der Waals surface area (Å²) < 4.78 is 5.10. The lowest BCUT2D eigenvalue weighted by molar-refractivity contribution is -0.384. The van der Waals surface area contributed by atoms with E-state index in [1.165, 1.54) is 18.2 Å². The van der Waals surface area contributed by atoms with Crippen molar-refractivity contribution in [3.8, 4) is 11.5 Å². The number of benzene rings is 1. The topological polar surface area (TPSA) is 82.1 Å². The van der Waals surface area contributed by atoms with Crippen LogP contribution < -0.4 is 0 Å². The van der Waals surface area contributed by atoms with Crippen molar-refractivity contribution in [3.05, 3.63) is 39.2 Å². The zero-order chi connectivity index (χ0) is 12.7. The quantitative estimate of drug-likeness (QED) is 0.629. The van der Waals surface area contributed by atoms with Crippen LogP contribution in [-0.2, 0) is 0 Å². The van der Waals surface area contributed by atoms with Gasteiger partial charge in [-0.3, -0.25) is 10.1 Å². The van der Waals surface area contributed by atoms with Crippen molar-refractivity contribution in [1.82, 2.24) is 10.1 Å². The number of nitro benzene ring substituents is 1. The largest absolute Gasteiger partial charge is 0.334 e. The monoisotopic (exact) mass is 265 g/mol. The number of aromatic nitrogens is 2. The van der Waals surface area contributed by atoms with Crippen molar-refractivity contribution in [2.24, 2.45) is 0 Å². The van der Waals surface area contributed by atoms with Gasteiger partial charge in [0.05, 0.1) is 15.5 Å². The Morgan fingerprint density at radius 2 is 2.22 bits per heavy atom. The van der Waals surface area contributed by atoms with Crippen LogP contribution in [0.1, 0.15) is 24.6 Å². The van der Waals surface area contributed by atoms with Crippen LogP contribution >= 0.6 is 11.6 Å². The van der Waals surface area contributed by atoms with Gasteiger partial charge in [0, 0.05) is 18.1 Å². The second-order valence-electron chi connectivity index (χ2n) is 4.15. The maximum absolute atomic E-state index is 10.7. The molecule has 0 saturated heterocycles. The molecule has 0 bridgehead atoms. The van der Waals surface area contributed by atoms with E-state index in [1.807, 2.05) is 0 Å². The van der Waals surface area contributed by atoms with E-state index in [0.29, 0.717) is 22.3 Å². The van der Waals surface area contributed by atoms with Gasteiger partial charge in [0.15, 0.2) is 5.82 Å². The zero-order valence-electron chi connectivity index (χ0n) is 9.17. The van der Waals surface area contributed by atoms with Gasteiger partial charge in [0.2, 0.25) is 0 Å². The third-order valence-electron chi connectivity index (χ3n) is 2.78. The first-order valence-corrected chi connectivity index (χ1v) is 5.81. The summed E-state index contributed by atoms with van der Waals surface area (Å²) in [6, 6.07) is 4.13. The van der Waals surface area contributed by atoms with Gasteiger partial charge < -0.3 is 4.52 Å². The van der Waals surface area contributed by atoms with Crippen molar-refractivity contribution in [2.75, 3.05) is 0 Å². The maximum atomic E-state index is 10.7. The number of halogens is 1. The SMILES string of the molecule is O=[N+]([O-])c1ccc(Cl)c(-c2nc(C3CC3)no2)c1. The molecule has 0 atom stereocenters. The van der Waals surface area contributed by atoms with Crippen LogP contribution in [0, 0.1) is 10.1 Å². The molecule has 7 heteroatoms. The van der Waals surface area contributed by atoms with Crippen LogP contribution in [0.4, 0.5) is 5.69 Å². The summed E-state index contributed by atoms with van der Waals surface area (Å²) in [4.78, 5) is 14.4. The fourth-order valence-electron chi connectivity index (χ4n) is 1.64. The molecule has 2 aromatic rings. The van der Waals surface area contributed by atoms with E-state index in [2.05, 4.69) is 10.1 Å². The minimum Gasteiger partial charge on any atom is -0.334 e. The molecule has 0 unspecified atom stereocenters. The second-order valence-corrected chi connectivity index (χ2v) is 4.56. The average Bonchev–Trinajstić information content (AvgIpc) is 3.08. The molecule has 1 heterocycles. The summed E-state index contributed by atoms with van der Waals surface area (Å²) in [7, 11) is 0. The summed E-state index contributed by atoms with van der Waals surface area (Å²) >= 11 is 5.99. The van der Waals surface area contributed by atoms with E-state index < -0.39 is 4.92 Å². The first-order chi connectivity index (χ1) is 8.65. The summed E-state index contributed by atoms with van der Waals surface area (Å²) in [6.45, 7) is 0. The van der Waals surface area contributed by atoms with Gasteiger partial charge in [-0.05, 0) is 18.9 Å². The van der Waals surface area contributed by atoms with Gasteiger partial charge in [-0.15, -0.1) is 0 Å². The third kappa shape index (κ3) is 1.95. The highest BCUT2D eigenvalue weighted by molar-refractivity contribution is 6.33. The van der Waals surface area contributed by atoms with Crippen LogP contribution in [0.15, 0.2) is 22.7 Å². The minimum atomic E-state index is -0.488. The van der Waals surface area contributed by atoms with Gasteiger partial charge in [0.25, 0.3) is 11.6 Å². The van der Waals surface area contributed by atoms with Gasteiger partial charge in [-0.1, -0.05) is 16.8 Å².